The van der Waals surface area contributed by atoms with E-state index >= 15 is 0 Å². The Bertz CT molecular complexity index is 465. The van der Waals surface area contributed by atoms with E-state index in [0.717, 1.165) is 0 Å². The van der Waals surface area contributed by atoms with Crippen molar-refractivity contribution in [2.45, 2.75) is 32.0 Å². The van der Waals surface area contributed by atoms with E-state index in [1.807, 2.05) is 0 Å². The summed E-state index contributed by atoms with van der Waals surface area (Å²) in [4.78, 5) is 1.63. The molecule has 1 saturated heterocycles. The van der Waals surface area contributed by atoms with Crippen LogP contribution >= 0.6 is 0 Å². The summed E-state index contributed by atoms with van der Waals surface area (Å²) in [6.07, 6.45) is -4.96. The van der Waals surface area contributed by atoms with Crippen LogP contribution in [0.15, 0.2) is 18.2 Å². The van der Waals surface area contributed by atoms with E-state index in [9.17, 15) is 22.7 Å². The Balaban J connectivity index is 2.07. The number of hydrogen-bond donors (Lipinski definition) is 1. The van der Waals surface area contributed by atoms with E-state index in [2.05, 4.69) is 0 Å². The lowest BCUT2D eigenvalue weighted by Crippen LogP contribution is -2.39. The van der Waals surface area contributed by atoms with E-state index in [1.165, 1.54) is 19.1 Å². The number of rotatable bonds is 2. The standard InChI is InChI=1S/C14H17F4NO/c1-9(20)10-2-3-13(12(15)8-10)19-6-4-11(5-7-19)14(16,17)18/h2-3,8-9,11,20H,4-7H2,1H3. The normalized spacial score (nSPS) is 19.2. The fraction of sp³-hybridized carbons (Fsp3) is 0.571. The summed E-state index contributed by atoms with van der Waals surface area (Å²) in [5.74, 6) is -1.80. The van der Waals surface area contributed by atoms with Crippen LogP contribution < -0.4 is 4.90 Å². The van der Waals surface area contributed by atoms with Gasteiger partial charge in [-0.05, 0) is 37.5 Å². The minimum atomic E-state index is -4.17. The highest BCUT2D eigenvalue weighted by atomic mass is 19.4. The van der Waals surface area contributed by atoms with Gasteiger partial charge in [-0.3, -0.25) is 0 Å². The Kier molecular flexibility index (Phi) is 4.22. The molecule has 1 N–H and O–H groups in total. The first-order chi connectivity index (χ1) is 9.29. The molecule has 112 valence electrons. The topological polar surface area (TPSA) is 23.5 Å². The quantitative estimate of drug-likeness (QED) is 0.841. The molecule has 0 saturated carbocycles. The van der Waals surface area contributed by atoms with Crippen molar-refractivity contribution >= 4 is 5.69 Å². The molecule has 1 atom stereocenters. The Labute approximate surface area is 115 Å². The molecule has 0 amide bonds. The number of hydrogen-bond acceptors (Lipinski definition) is 2. The Morgan fingerprint density at radius 2 is 1.85 bits per heavy atom. The average Bonchev–Trinajstić information content (AvgIpc) is 2.37. The van der Waals surface area contributed by atoms with Crippen LogP contribution in [-0.4, -0.2) is 24.4 Å². The van der Waals surface area contributed by atoms with Crippen molar-refractivity contribution < 1.29 is 22.7 Å². The fourth-order valence-corrected chi connectivity index (χ4v) is 2.49. The molecule has 0 radical (unpaired) electrons. The van der Waals surface area contributed by atoms with Crippen molar-refractivity contribution in [2.24, 2.45) is 5.92 Å². The molecule has 2 nitrogen and oxygen atoms in total. The summed E-state index contributed by atoms with van der Waals surface area (Å²) in [6, 6.07) is 4.35. The smallest absolute Gasteiger partial charge is 0.389 e. The molecule has 1 aromatic carbocycles. The molecule has 0 bridgehead atoms. The van der Waals surface area contributed by atoms with Crippen molar-refractivity contribution in [1.29, 1.82) is 0 Å². The number of piperidine rings is 1. The zero-order chi connectivity index (χ0) is 14.9. The molecule has 1 fully saturated rings. The lowest BCUT2D eigenvalue weighted by molar-refractivity contribution is -0.179. The summed E-state index contributed by atoms with van der Waals surface area (Å²) in [6.45, 7) is 1.91. The van der Waals surface area contributed by atoms with Crippen LogP contribution in [0.5, 0.6) is 0 Å². The van der Waals surface area contributed by atoms with E-state index in [1.54, 1.807) is 11.0 Å². The third-order valence-electron chi connectivity index (χ3n) is 3.75. The highest BCUT2D eigenvalue weighted by Crippen LogP contribution is 2.36. The molecule has 0 spiro atoms. The molecule has 0 aliphatic carbocycles. The third kappa shape index (κ3) is 3.23. The number of aliphatic hydroxyl groups excluding tert-OH is 1. The largest absolute Gasteiger partial charge is 0.391 e. The molecule has 1 heterocycles. The van der Waals surface area contributed by atoms with Crippen LogP contribution in [0.25, 0.3) is 0 Å². The number of nitrogens with zero attached hydrogens (tertiary/aromatic N) is 1. The van der Waals surface area contributed by atoms with E-state index < -0.39 is 24.0 Å². The summed E-state index contributed by atoms with van der Waals surface area (Å²) in [5, 5.41) is 9.37. The van der Waals surface area contributed by atoms with Gasteiger partial charge in [0, 0.05) is 13.1 Å². The fourth-order valence-electron chi connectivity index (χ4n) is 2.49. The Morgan fingerprint density at radius 3 is 2.30 bits per heavy atom. The van der Waals surface area contributed by atoms with Crippen molar-refractivity contribution in [1.82, 2.24) is 0 Å². The highest BCUT2D eigenvalue weighted by molar-refractivity contribution is 5.49. The summed E-state index contributed by atoms with van der Waals surface area (Å²) in [7, 11) is 0. The molecule has 20 heavy (non-hydrogen) atoms. The molecular formula is C14H17F4NO. The first-order valence-electron chi connectivity index (χ1n) is 6.58. The summed E-state index contributed by atoms with van der Waals surface area (Å²) >= 11 is 0. The second-order valence-corrected chi connectivity index (χ2v) is 5.19. The van der Waals surface area contributed by atoms with Gasteiger partial charge in [0.1, 0.15) is 5.82 Å². The van der Waals surface area contributed by atoms with Crippen LogP contribution in [0.3, 0.4) is 0 Å². The van der Waals surface area contributed by atoms with Crippen LogP contribution in [0.1, 0.15) is 31.4 Å². The SMILES string of the molecule is CC(O)c1ccc(N2CCC(C(F)(F)F)CC2)c(F)c1. The summed E-state index contributed by atoms with van der Waals surface area (Å²) < 4.78 is 51.7. The number of halogens is 4. The van der Waals surface area contributed by atoms with Gasteiger partial charge >= 0.3 is 6.18 Å². The van der Waals surface area contributed by atoms with Gasteiger partial charge in [0.2, 0.25) is 0 Å². The van der Waals surface area contributed by atoms with Gasteiger partial charge < -0.3 is 10.0 Å². The van der Waals surface area contributed by atoms with E-state index in [-0.39, 0.29) is 25.9 Å². The van der Waals surface area contributed by atoms with Crippen molar-refractivity contribution in [2.75, 3.05) is 18.0 Å². The maximum absolute atomic E-state index is 14.0. The van der Waals surface area contributed by atoms with Crippen molar-refractivity contribution in [3.63, 3.8) is 0 Å². The second kappa shape index (κ2) is 5.60. The number of anilines is 1. The molecule has 1 aliphatic heterocycles. The molecule has 6 heteroatoms. The lowest BCUT2D eigenvalue weighted by Gasteiger charge is -2.34. The number of alkyl halides is 3. The molecule has 2 rings (SSSR count). The first kappa shape index (κ1) is 15.1. The van der Waals surface area contributed by atoms with Gasteiger partial charge in [0.25, 0.3) is 0 Å². The maximum Gasteiger partial charge on any atom is 0.391 e. The van der Waals surface area contributed by atoms with E-state index in [0.29, 0.717) is 11.3 Å². The van der Waals surface area contributed by atoms with Gasteiger partial charge in [-0.1, -0.05) is 6.07 Å². The summed E-state index contributed by atoms with van der Waals surface area (Å²) in [5.41, 5.74) is 0.756. The van der Waals surface area contributed by atoms with Gasteiger partial charge in [0.05, 0.1) is 17.7 Å². The maximum atomic E-state index is 14.0. The van der Waals surface area contributed by atoms with Crippen molar-refractivity contribution in [3.8, 4) is 0 Å². The zero-order valence-electron chi connectivity index (χ0n) is 11.1. The minimum absolute atomic E-state index is 0.0128. The molecule has 0 aromatic heterocycles. The number of aliphatic hydroxyl groups is 1. The van der Waals surface area contributed by atoms with Crippen molar-refractivity contribution in [3.05, 3.63) is 29.6 Å². The molecule has 1 aliphatic rings. The first-order valence-corrected chi connectivity index (χ1v) is 6.58. The van der Waals surface area contributed by atoms with Crippen LogP contribution in [0, 0.1) is 11.7 Å². The molecule has 1 aromatic rings. The minimum Gasteiger partial charge on any atom is -0.389 e. The van der Waals surface area contributed by atoms with Gasteiger partial charge in [-0.25, -0.2) is 4.39 Å². The van der Waals surface area contributed by atoms with E-state index in [4.69, 9.17) is 0 Å². The number of benzene rings is 1. The van der Waals surface area contributed by atoms with Gasteiger partial charge in [-0.2, -0.15) is 13.2 Å². The van der Waals surface area contributed by atoms with Crippen LogP contribution in [0.4, 0.5) is 23.2 Å². The van der Waals surface area contributed by atoms with Crippen LogP contribution in [-0.2, 0) is 0 Å². The average molecular weight is 291 g/mol. The Morgan fingerprint density at radius 1 is 1.25 bits per heavy atom. The van der Waals surface area contributed by atoms with Crippen LogP contribution in [0.2, 0.25) is 0 Å². The second-order valence-electron chi connectivity index (χ2n) is 5.19. The monoisotopic (exact) mass is 291 g/mol. The van der Waals surface area contributed by atoms with Gasteiger partial charge in [-0.15, -0.1) is 0 Å². The Hall–Kier alpha value is -1.30. The molecular weight excluding hydrogens is 274 g/mol. The predicted octanol–water partition coefficient (Wildman–Crippen LogP) is 3.66. The van der Waals surface area contributed by atoms with Gasteiger partial charge in [0.15, 0.2) is 0 Å². The highest BCUT2D eigenvalue weighted by Gasteiger charge is 2.41. The third-order valence-corrected chi connectivity index (χ3v) is 3.75. The lowest BCUT2D eigenvalue weighted by atomic mass is 9.95. The predicted molar refractivity (Wildman–Crippen MR) is 68.0 cm³/mol. The zero-order valence-corrected chi connectivity index (χ0v) is 11.1. The molecule has 1 unspecified atom stereocenters.